The number of nitrogens with two attached hydrogens (primary N) is 1. The number of nitrogens with one attached hydrogen (secondary N) is 4. The maximum atomic E-state index is 12.8. The Morgan fingerprint density at radius 2 is 1.67 bits per heavy atom. The van der Waals surface area contributed by atoms with E-state index in [1.165, 1.54) is 4.68 Å². The number of halogens is 2. The number of carbonyl (C=O) groups is 4. The van der Waals surface area contributed by atoms with Crippen molar-refractivity contribution in [2.75, 3.05) is 31.9 Å². The zero-order chi connectivity index (χ0) is 42.5. The van der Waals surface area contributed by atoms with Gasteiger partial charge < -0.3 is 36.7 Å². The summed E-state index contributed by atoms with van der Waals surface area (Å²) in [5, 5.41) is 24.4. The van der Waals surface area contributed by atoms with Crippen LogP contribution in [0.5, 0.6) is 5.75 Å². The van der Waals surface area contributed by atoms with Crippen LogP contribution in [0.3, 0.4) is 0 Å². The van der Waals surface area contributed by atoms with E-state index in [-0.39, 0.29) is 61.1 Å². The first-order valence-corrected chi connectivity index (χ1v) is 20.3. The fraction of sp³-hybridized carbons (Fsp3) is 0.279. The van der Waals surface area contributed by atoms with E-state index in [9.17, 15) is 24.3 Å². The van der Waals surface area contributed by atoms with Gasteiger partial charge in [0.25, 0.3) is 5.91 Å². The molecule has 0 atom stereocenters. The molecule has 0 aliphatic carbocycles. The third kappa shape index (κ3) is 9.06. The van der Waals surface area contributed by atoms with Crippen molar-refractivity contribution < 1.29 is 24.3 Å². The average molecular weight is 852 g/mol. The molecule has 0 fully saturated rings. The van der Waals surface area contributed by atoms with E-state index < -0.39 is 0 Å². The van der Waals surface area contributed by atoms with Gasteiger partial charge in [0, 0.05) is 110 Å². The SMILES string of the molecule is CCc1c(-c2ccc(C(=O)NCCNC(=O)CCCNC(=O)Cn3ccc(-c4cc(Cl)c(Cl)c5[nH]c6c(c45)CN(C(C)=O)CC6)n3)nc2)cnc(N)c1-c1ccc(O)cc1. The van der Waals surface area contributed by atoms with Gasteiger partial charge in [-0.3, -0.25) is 28.8 Å². The summed E-state index contributed by atoms with van der Waals surface area (Å²) in [4.78, 5) is 64.1. The molecule has 0 bridgehead atoms. The van der Waals surface area contributed by atoms with Crippen LogP contribution < -0.4 is 21.7 Å². The van der Waals surface area contributed by atoms with Crippen LogP contribution in [0.15, 0.2) is 67.1 Å². The molecule has 6 aromatic rings. The number of hydrogen-bond acceptors (Lipinski definition) is 9. The predicted octanol–water partition coefficient (Wildman–Crippen LogP) is 5.66. The number of H-pyrrole nitrogens is 1. The van der Waals surface area contributed by atoms with E-state index in [0.29, 0.717) is 66.0 Å². The van der Waals surface area contributed by atoms with Crippen molar-refractivity contribution in [1.82, 2.24) is 45.6 Å². The molecule has 1 aliphatic rings. The number of rotatable bonds is 14. The molecular weight excluding hydrogens is 807 g/mol. The maximum Gasteiger partial charge on any atom is 0.269 e. The summed E-state index contributed by atoms with van der Waals surface area (Å²) >= 11 is 13.1. The van der Waals surface area contributed by atoms with Gasteiger partial charge in [-0.1, -0.05) is 48.3 Å². The number of aromatic nitrogens is 5. The molecule has 4 amide bonds. The standard InChI is InChI=1S/C43H44Cl2N10O5/c1-3-28-30(21-51-42(46)38(28)25-6-9-27(57)10-7-25)26-8-11-35(50-20-26)43(60)49-16-15-48-36(58)5-4-14-47-37(59)23-55-18-13-34(53-55)29-19-32(44)40(45)41-39(29)31-22-54(24(2)56)17-12-33(31)52-41/h6-11,13,18-21,52,57H,3-5,12,14-17,22-23H2,1-2H3,(H2,46,51)(H,47,59)(H,48,58)(H,49,60). The van der Waals surface area contributed by atoms with Crippen LogP contribution in [0.4, 0.5) is 5.82 Å². The summed E-state index contributed by atoms with van der Waals surface area (Å²) in [5.74, 6) is -0.323. The second kappa shape index (κ2) is 18.2. The average Bonchev–Trinajstić information content (AvgIpc) is 3.87. The van der Waals surface area contributed by atoms with Crippen LogP contribution in [0.25, 0.3) is 44.4 Å². The summed E-state index contributed by atoms with van der Waals surface area (Å²) in [6, 6.07) is 13.8. The van der Waals surface area contributed by atoms with E-state index >= 15 is 0 Å². The van der Waals surface area contributed by atoms with Gasteiger partial charge in [0.1, 0.15) is 23.8 Å². The first kappa shape index (κ1) is 41.7. The van der Waals surface area contributed by atoms with E-state index in [1.54, 1.807) is 78.9 Å². The molecule has 4 aromatic heterocycles. The van der Waals surface area contributed by atoms with Gasteiger partial charge in [-0.05, 0) is 54.3 Å². The number of aromatic hydroxyl groups is 1. The molecule has 15 nitrogen and oxygen atoms in total. The highest BCUT2D eigenvalue weighted by atomic mass is 35.5. The molecule has 2 aromatic carbocycles. The van der Waals surface area contributed by atoms with E-state index in [2.05, 4.69) is 36.0 Å². The summed E-state index contributed by atoms with van der Waals surface area (Å²) in [6.45, 7) is 5.31. The Labute approximate surface area is 355 Å². The van der Waals surface area contributed by atoms with Gasteiger partial charge in [0.05, 0.1) is 21.3 Å². The minimum absolute atomic E-state index is 0.00518. The maximum absolute atomic E-state index is 12.8. The van der Waals surface area contributed by atoms with Crippen LogP contribution in [0, 0.1) is 0 Å². The molecule has 17 heteroatoms. The minimum Gasteiger partial charge on any atom is -0.508 e. The molecule has 0 saturated carbocycles. The number of fused-ring (bicyclic) bond motifs is 3. The van der Waals surface area contributed by atoms with Crippen molar-refractivity contribution in [3.05, 3.63) is 99.7 Å². The minimum atomic E-state index is -0.381. The number of benzene rings is 2. The Hall–Kier alpha value is -6.45. The quantitative estimate of drug-likeness (QED) is 0.0746. The lowest BCUT2D eigenvalue weighted by molar-refractivity contribution is -0.129. The molecule has 1 aliphatic heterocycles. The second-order valence-corrected chi connectivity index (χ2v) is 15.2. The fourth-order valence-electron chi connectivity index (χ4n) is 7.46. The smallest absolute Gasteiger partial charge is 0.269 e. The lowest BCUT2D eigenvalue weighted by atomic mass is 9.92. The number of phenols is 1. The number of anilines is 1. The molecule has 5 heterocycles. The van der Waals surface area contributed by atoms with Crippen molar-refractivity contribution in [1.29, 1.82) is 0 Å². The van der Waals surface area contributed by atoms with Crippen molar-refractivity contribution in [2.45, 2.75) is 52.6 Å². The molecule has 60 heavy (non-hydrogen) atoms. The van der Waals surface area contributed by atoms with Gasteiger partial charge in [0.15, 0.2) is 0 Å². The summed E-state index contributed by atoms with van der Waals surface area (Å²) in [6.07, 6.45) is 6.96. The fourth-order valence-corrected chi connectivity index (χ4v) is 7.86. The molecule has 310 valence electrons. The third-order valence-electron chi connectivity index (χ3n) is 10.5. The lowest BCUT2D eigenvalue weighted by Crippen LogP contribution is -2.35. The van der Waals surface area contributed by atoms with E-state index in [0.717, 1.165) is 50.0 Å². The van der Waals surface area contributed by atoms with Crippen LogP contribution in [0.1, 0.15) is 54.0 Å². The molecule has 0 unspecified atom stereocenters. The van der Waals surface area contributed by atoms with Crippen molar-refractivity contribution in [2.24, 2.45) is 0 Å². The first-order chi connectivity index (χ1) is 28.9. The molecule has 0 saturated heterocycles. The van der Waals surface area contributed by atoms with Crippen LogP contribution in [-0.4, -0.2) is 84.5 Å². The Morgan fingerprint density at radius 1 is 0.917 bits per heavy atom. The number of carbonyl (C=O) groups excluding carboxylic acids is 4. The monoisotopic (exact) mass is 850 g/mol. The first-order valence-electron chi connectivity index (χ1n) is 19.6. The largest absolute Gasteiger partial charge is 0.508 e. The Balaban J connectivity index is 0.843. The van der Waals surface area contributed by atoms with Gasteiger partial charge in [-0.2, -0.15) is 5.10 Å². The van der Waals surface area contributed by atoms with Crippen LogP contribution >= 0.6 is 23.2 Å². The van der Waals surface area contributed by atoms with Gasteiger partial charge in [0.2, 0.25) is 17.7 Å². The number of aromatic amines is 1. The van der Waals surface area contributed by atoms with Crippen molar-refractivity contribution in [3.8, 4) is 39.3 Å². The Kier molecular flexibility index (Phi) is 12.7. The molecule has 0 radical (unpaired) electrons. The third-order valence-corrected chi connectivity index (χ3v) is 11.3. The normalized spacial score (nSPS) is 12.3. The second-order valence-electron chi connectivity index (χ2n) is 14.4. The number of nitrogens with zero attached hydrogens (tertiary/aromatic N) is 5. The highest BCUT2D eigenvalue weighted by Crippen LogP contribution is 2.42. The zero-order valence-electron chi connectivity index (χ0n) is 33.1. The molecule has 7 rings (SSSR count). The highest BCUT2D eigenvalue weighted by Gasteiger charge is 2.27. The van der Waals surface area contributed by atoms with Gasteiger partial charge in [-0.15, -0.1) is 0 Å². The number of hydrogen-bond donors (Lipinski definition) is 6. The highest BCUT2D eigenvalue weighted by molar-refractivity contribution is 6.45. The number of phenolic OH excluding ortho intramolecular Hbond substituents is 1. The summed E-state index contributed by atoms with van der Waals surface area (Å²) in [7, 11) is 0. The topological polar surface area (TPSA) is 213 Å². The number of amides is 4. The van der Waals surface area contributed by atoms with Crippen LogP contribution in [0.2, 0.25) is 10.0 Å². The molecule has 0 spiro atoms. The zero-order valence-corrected chi connectivity index (χ0v) is 34.6. The molecule has 7 N–H and O–H groups in total. The van der Waals surface area contributed by atoms with Crippen LogP contribution in [-0.2, 0) is 40.3 Å². The Bertz CT molecular complexity index is 2590. The summed E-state index contributed by atoms with van der Waals surface area (Å²) in [5.41, 5.74) is 14.7. The predicted molar refractivity (Wildman–Crippen MR) is 230 cm³/mol. The Morgan fingerprint density at radius 3 is 2.40 bits per heavy atom. The van der Waals surface area contributed by atoms with Crippen molar-refractivity contribution in [3.63, 3.8) is 0 Å². The van der Waals surface area contributed by atoms with E-state index in [4.69, 9.17) is 28.9 Å². The van der Waals surface area contributed by atoms with Gasteiger partial charge in [-0.25, -0.2) is 4.98 Å². The van der Waals surface area contributed by atoms with E-state index in [1.807, 2.05) is 6.92 Å². The summed E-state index contributed by atoms with van der Waals surface area (Å²) < 4.78 is 1.53. The van der Waals surface area contributed by atoms with Gasteiger partial charge >= 0.3 is 0 Å². The molecular formula is C43H44Cl2N10O5. The lowest BCUT2D eigenvalue weighted by Gasteiger charge is -2.26. The number of nitrogen functional groups attached to an aromatic ring is 1. The number of pyridine rings is 2. The van der Waals surface area contributed by atoms with Crippen molar-refractivity contribution >= 4 is 63.6 Å².